The van der Waals surface area contributed by atoms with Gasteiger partial charge in [0.2, 0.25) is 11.9 Å². The Balaban J connectivity index is 1.34. The quantitative estimate of drug-likeness (QED) is 0.338. The highest BCUT2D eigenvalue weighted by atomic mass is 16.6. The van der Waals surface area contributed by atoms with Gasteiger partial charge in [0.1, 0.15) is 11.7 Å². The topological polar surface area (TPSA) is 144 Å². The fourth-order valence-corrected chi connectivity index (χ4v) is 4.81. The molecule has 1 aliphatic carbocycles. The molecule has 0 saturated carbocycles. The summed E-state index contributed by atoms with van der Waals surface area (Å²) in [5.74, 6) is 1.41. The lowest BCUT2D eigenvalue weighted by molar-refractivity contribution is 0.0510. The SMILES string of the molecule is CCN(CCNC(=O)OC(C)(C)C)C(=O)OC1C=CC=C(CNc2nc(NC3CCOCC3)nc3c(C(C)C)cnn23)C1. The third-order valence-corrected chi connectivity index (χ3v) is 7.11. The molecule has 13 heteroatoms. The van der Waals surface area contributed by atoms with Crippen molar-refractivity contribution in [3.05, 3.63) is 35.6 Å². The van der Waals surface area contributed by atoms with Crippen LogP contribution >= 0.6 is 0 Å². The lowest BCUT2D eigenvalue weighted by Gasteiger charge is -2.25. The summed E-state index contributed by atoms with van der Waals surface area (Å²) in [7, 11) is 0. The Bertz CT molecular complexity index is 1310. The first-order valence-corrected chi connectivity index (χ1v) is 15.1. The van der Waals surface area contributed by atoms with Crippen LogP contribution in [0.25, 0.3) is 5.65 Å². The molecule has 0 radical (unpaired) electrons. The summed E-state index contributed by atoms with van der Waals surface area (Å²) >= 11 is 0. The molecule has 43 heavy (non-hydrogen) atoms. The lowest BCUT2D eigenvalue weighted by atomic mass is 10.0. The zero-order valence-electron chi connectivity index (χ0n) is 26.2. The molecule has 2 aromatic heterocycles. The van der Waals surface area contributed by atoms with Crippen LogP contribution < -0.4 is 16.0 Å². The Morgan fingerprint density at radius 2 is 1.98 bits per heavy atom. The number of nitrogens with zero attached hydrogens (tertiary/aromatic N) is 5. The van der Waals surface area contributed by atoms with Gasteiger partial charge in [-0.3, -0.25) is 0 Å². The number of fused-ring (bicyclic) bond motifs is 1. The summed E-state index contributed by atoms with van der Waals surface area (Å²) in [5.41, 5.74) is 2.29. The molecule has 3 heterocycles. The van der Waals surface area contributed by atoms with Gasteiger partial charge in [0.25, 0.3) is 0 Å². The van der Waals surface area contributed by atoms with Crippen LogP contribution in [0, 0.1) is 0 Å². The molecule has 2 amide bonds. The molecule has 0 bridgehead atoms. The second-order valence-electron chi connectivity index (χ2n) is 12.1. The first kappa shape index (κ1) is 32.1. The number of carbonyl (C=O) groups excluding carboxylic acids is 2. The number of aromatic nitrogens is 4. The van der Waals surface area contributed by atoms with Gasteiger partial charge in [0.15, 0.2) is 5.65 Å². The van der Waals surface area contributed by atoms with Crippen molar-refractivity contribution in [1.82, 2.24) is 29.8 Å². The highest BCUT2D eigenvalue weighted by Crippen LogP contribution is 2.24. The van der Waals surface area contributed by atoms with Gasteiger partial charge in [0, 0.05) is 57.4 Å². The molecule has 0 aromatic carbocycles. The van der Waals surface area contributed by atoms with Gasteiger partial charge in [-0.05, 0) is 58.1 Å². The number of nitrogens with one attached hydrogen (secondary N) is 3. The van der Waals surface area contributed by atoms with E-state index in [0.717, 1.165) is 42.8 Å². The van der Waals surface area contributed by atoms with Crippen molar-refractivity contribution in [2.45, 2.75) is 84.5 Å². The van der Waals surface area contributed by atoms with Gasteiger partial charge in [-0.1, -0.05) is 26.0 Å². The number of anilines is 2. The van der Waals surface area contributed by atoms with Crippen molar-refractivity contribution < 1.29 is 23.8 Å². The second kappa shape index (κ2) is 14.5. The maximum atomic E-state index is 12.9. The van der Waals surface area contributed by atoms with Crippen LogP contribution in [0.2, 0.25) is 0 Å². The average molecular weight is 599 g/mol. The minimum absolute atomic E-state index is 0.256. The molecule has 3 N–H and O–H groups in total. The Morgan fingerprint density at radius 3 is 2.67 bits per heavy atom. The number of ether oxygens (including phenoxy) is 3. The largest absolute Gasteiger partial charge is 0.444 e. The van der Waals surface area contributed by atoms with E-state index in [2.05, 4.69) is 34.9 Å². The monoisotopic (exact) mass is 598 g/mol. The Morgan fingerprint density at radius 1 is 1.21 bits per heavy atom. The van der Waals surface area contributed by atoms with Crippen molar-refractivity contribution in [2.75, 3.05) is 50.0 Å². The van der Waals surface area contributed by atoms with E-state index in [4.69, 9.17) is 24.2 Å². The average Bonchev–Trinajstić information content (AvgIpc) is 3.38. The van der Waals surface area contributed by atoms with E-state index in [-0.39, 0.29) is 18.5 Å². The minimum Gasteiger partial charge on any atom is -0.444 e. The standard InChI is InChI=1S/C30H46N8O5/c1-7-37(14-13-31-28(39)43-30(4,5)6)29(40)42-23-10-8-9-21(17-23)18-32-27-36-26(34-22-11-15-41-16-12-22)35-25-24(20(2)3)19-33-38(25)27/h8-10,19-20,22-23H,7,11-18H2,1-6H3,(H,31,39)(H2,32,34,35,36). The number of alkyl carbamates (subject to hydrolysis) is 1. The zero-order valence-corrected chi connectivity index (χ0v) is 26.2. The van der Waals surface area contributed by atoms with Gasteiger partial charge in [0.05, 0.1) is 6.20 Å². The maximum Gasteiger partial charge on any atom is 0.410 e. The molecule has 1 atom stereocenters. The first-order chi connectivity index (χ1) is 20.5. The summed E-state index contributed by atoms with van der Waals surface area (Å²) in [4.78, 5) is 35.9. The molecule has 1 saturated heterocycles. The number of hydrogen-bond acceptors (Lipinski definition) is 10. The van der Waals surface area contributed by atoms with E-state index >= 15 is 0 Å². The van der Waals surface area contributed by atoms with Crippen molar-refractivity contribution in [3.8, 4) is 0 Å². The fourth-order valence-electron chi connectivity index (χ4n) is 4.81. The van der Waals surface area contributed by atoms with Crippen LogP contribution in [-0.2, 0) is 14.2 Å². The smallest absolute Gasteiger partial charge is 0.410 e. The predicted octanol–water partition coefficient (Wildman–Crippen LogP) is 4.49. The number of rotatable bonds is 11. The van der Waals surface area contributed by atoms with Crippen molar-refractivity contribution in [2.24, 2.45) is 0 Å². The third kappa shape index (κ3) is 9.31. The molecule has 1 unspecified atom stereocenters. The van der Waals surface area contributed by atoms with Crippen molar-refractivity contribution in [1.29, 1.82) is 0 Å². The summed E-state index contributed by atoms with van der Waals surface area (Å²) < 4.78 is 18.3. The number of amides is 2. The molecule has 1 aliphatic heterocycles. The Hall–Kier alpha value is -3.87. The van der Waals surface area contributed by atoms with E-state index in [1.54, 1.807) is 30.2 Å². The van der Waals surface area contributed by atoms with Crippen molar-refractivity contribution >= 4 is 29.7 Å². The molecule has 1 fully saturated rings. The maximum absolute atomic E-state index is 12.9. The number of likely N-dealkylation sites (N-methyl/N-ethyl adjacent to an activating group) is 1. The molecule has 0 spiro atoms. The van der Waals surface area contributed by atoms with Crippen LogP contribution in [0.3, 0.4) is 0 Å². The Labute approximate surface area is 253 Å². The van der Waals surface area contributed by atoms with E-state index in [9.17, 15) is 9.59 Å². The number of carbonyl (C=O) groups is 2. The van der Waals surface area contributed by atoms with Crippen LogP contribution in [0.1, 0.15) is 72.3 Å². The second-order valence-corrected chi connectivity index (χ2v) is 12.1. The zero-order chi connectivity index (χ0) is 31.0. The predicted molar refractivity (Wildman–Crippen MR) is 164 cm³/mol. The van der Waals surface area contributed by atoms with Gasteiger partial charge >= 0.3 is 12.2 Å². The molecular formula is C30H46N8O5. The Kier molecular flexibility index (Phi) is 10.8. The molecule has 2 aromatic rings. The van der Waals surface area contributed by atoms with E-state index < -0.39 is 23.9 Å². The molecule has 4 rings (SSSR count). The summed E-state index contributed by atoms with van der Waals surface area (Å²) in [6.45, 7) is 14.5. The van der Waals surface area contributed by atoms with E-state index in [0.29, 0.717) is 38.0 Å². The van der Waals surface area contributed by atoms with Crippen molar-refractivity contribution in [3.63, 3.8) is 0 Å². The number of hydrogen-bond donors (Lipinski definition) is 3. The van der Waals surface area contributed by atoms with Gasteiger partial charge in [-0.15, -0.1) is 0 Å². The van der Waals surface area contributed by atoms with E-state index in [1.807, 2.05) is 31.3 Å². The molecule has 236 valence electrons. The van der Waals surface area contributed by atoms with Gasteiger partial charge in [-0.25, -0.2) is 9.59 Å². The van der Waals surface area contributed by atoms with Crippen LogP contribution in [0.5, 0.6) is 0 Å². The highest BCUT2D eigenvalue weighted by Gasteiger charge is 2.23. The lowest BCUT2D eigenvalue weighted by Crippen LogP contribution is -2.41. The summed E-state index contributed by atoms with van der Waals surface area (Å²) in [6, 6.07) is 0.256. The van der Waals surface area contributed by atoms with Gasteiger partial charge in [-0.2, -0.15) is 19.6 Å². The minimum atomic E-state index is -0.584. The first-order valence-electron chi connectivity index (χ1n) is 15.1. The third-order valence-electron chi connectivity index (χ3n) is 7.11. The highest BCUT2D eigenvalue weighted by molar-refractivity contribution is 5.69. The van der Waals surface area contributed by atoms with Crippen LogP contribution in [-0.4, -0.2) is 93.8 Å². The van der Waals surface area contributed by atoms with Crippen LogP contribution in [0.4, 0.5) is 21.5 Å². The molecular weight excluding hydrogens is 552 g/mol. The summed E-state index contributed by atoms with van der Waals surface area (Å²) in [6.07, 6.45) is 8.63. The van der Waals surface area contributed by atoms with E-state index in [1.165, 1.54) is 0 Å². The normalized spacial score (nSPS) is 17.5. The fraction of sp³-hybridized carbons (Fsp3) is 0.633. The van der Waals surface area contributed by atoms with Crippen LogP contribution in [0.15, 0.2) is 30.0 Å². The summed E-state index contributed by atoms with van der Waals surface area (Å²) in [5, 5.41) is 14.2. The van der Waals surface area contributed by atoms with Gasteiger partial charge < -0.3 is 35.1 Å². The molecule has 2 aliphatic rings. The molecule has 13 nitrogen and oxygen atoms in total. The number of allylic oxidation sites excluding steroid dienone is 2.